The number of aryl methyl sites for hydroxylation is 1. The Morgan fingerprint density at radius 2 is 2.24 bits per heavy atom. The van der Waals surface area contributed by atoms with Crippen LogP contribution in [0, 0.1) is 6.92 Å². The lowest BCUT2D eigenvalue weighted by Gasteiger charge is -2.07. The molecule has 1 aromatic rings. The van der Waals surface area contributed by atoms with Crippen molar-refractivity contribution >= 4 is 5.91 Å². The molecule has 17 heavy (non-hydrogen) atoms. The summed E-state index contributed by atoms with van der Waals surface area (Å²) in [5, 5.41) is 2.81. The summed E-state index contributed by atoms with van der Waals surface area (Å²) in [7, 11) is 1.95. The molecule has 0 saturated heterocycles. The lowest BCUT2D eigenvalue weighted by Crippen LogP contribution is -2.24. The van der Waals surface area contributed by atoms with Gasteiger partial charge in [-0.15, -0.1) is 6.58 Å². The van der Waals surface area contributed by atoms with Crippen LogP contribution in [0.4, 0.5) is 0 Å². The first-order valence-electron chi connectivity index (χ1n) is 5.53. The van der Waals surface area contributed by atoms with Gasteiger partial charge >= 0.3 is 0 Å². The summed E-state index contributed by atoms with van der Waals surface area (Å²) < 4.78 is 2.00. The largest absolute Gasteiger partial charge is 0.347 e. The van der Waals surface area contributed by atoms with E-state index in [0.717, 1.165) is 23.6 Å². The fourth-order valence-electron chi connectivity index (χ4n) is 1.60. The third-order valence-corrected chi connectivity index (χ3v) is 2.64. The summed E-state index contributed by atoms with van der Waals surface area (Å²) in [6, 6.07) is 0. The zero-order valence-electron chi connectivity index (χ0n) is 10.7. The second kappa shape index (κ2) is 5.48. The molecule has 4 nitrogen and oxygen atoms in total. The Kier molecular flexibility index (Phi) is 4.26. The van der Waals surface area contributed by atoms with Crippen molar-refractivity contribution in [3.05, 3.63) is 42.0 Å². The first kappa shape index (κ1) is 13.2. The molecule has 0 aromatic carbocycles. The zero-order chi connectivity index (χ0) is 13.0. The first-order chi connectivity index (χ1) is 7.97. The highest BCUT2D eigenvalue weighted by Gasteiger charge is 2.11. The molecule has 1 N–H and O–H groups in total. The van der Waals surface area contributed by atoms with Crippen molar-refractivity contribution in [3.63, 3.8) is 0 Å². The molecule has 92 valence electrons. The van der Waals surface area contributed by atoms with Gasteiger partial charge in [0, 0.05) is 19.0 Å². The van der Waals surface area contributed by atoms with Crippen molar-refractivity contribution < 1.29 is 4.79 Å². The molecule has 0 aliphatic carbocycles. The van der Waals surface area contributed by atoms with Gasteiger partial charge < -0.3 is 9.88 Å². The van der Waals surface area contributed by atoms with E-state index in [2.05, 4.69) is 23.5 Å². The Labute approximate surface area is 102 Å². The summed E-state index contributed by atoms with van der Waals surface area (Å²) in [6.45, 7) is 11.4. The summed E-state index contributed by atoms with van der Waals surface area (Å²) in [5.41, 5.74) is 2.46. The number of aromatic nitrogens is 2. The molecular weight excluding hydrogens is 214 g/mol. The van der Waals surface area contributed by atoms with Gasteiger partial charge in [0.25, 0.3) is 0 Å². The third-order valence-electron chi connectivity index (χ3n) is 2.64. The van der Waals surface area contributed by atoms with Gasteiger partial charge in [-0.3, -0.25) is 4.79 Å². The minimum absolute atomic E-state index is 0.129. The predicted octanol–water partition coefficient (Wildman–Crippen LogP) is 1.65. The number of nitrogens with one attached hydrogen (secondary N) is 1. The fourth-order valence-corrected chi connectivity index (χ4v) is 1.60. The second-order valence-corrected chi connectivity index (χ2v) is 4.07. The lowest BCUT2D eigenvalue weighted by molar-refractivity contribution is -0.117. The Balaban J connectivity index is 2.81. The zero-order valence-corrected chi connectivity index (χ0v) is 10.7. The minimum atomic E-state index is -0.129. The molecule has 0 aliphatic heterocycles. The monoisotopic (exact) mass is 233 g/mol. The maximum absolute atomic E-state index is 11.4. The molecule has 1 rings (SSSR count). The van der Waals surface area contributed by atoms with Crippen LogP contribution in [-0.2, 0) is 24.8 Å². The van der Waals surface area contributed by atoms with Gasteiger partial charge in [-0.1, -0.05) is 12.7 Å². The van der Waals surface area contributed by atoms with Crippen molar-refractivity contribution in [3.8, 4) is 0 Å². The minimum Gasteiger partial charge on any atom is -0.347 e. The van der Waals surface area contributed by atoms with Crippen LogP contribution in [0.3, 0.4) is 0 Å². The van der Waals surface area contributed by atoms with Crippen LogP contribution >= 0.6 is 0 Å². The second-order valence-electron chi connectivity index (χ2n) is 4.07. The van der Waals surface area contributed by atoms with Crippen molar-refractivity contribution in [2.45, 2.75) is 26.8 Å². The summed E-state index contributed by atoms with van der Waals surface area (Å²) in [4.78, 5) is 15.9. The maximum atomic E-state index is 11.4. The van der Waals surface area contributed by atoms with Crippen molar-refractivity contribution in [2.24, 2.45) is 7.05 Å². The average Bonchev–Trinajstić information content (AvgIpc) is 2.52. The van der Waals surface area contributed by atoms with E-state index >= 15 is 0 Å². The molecule has 0 saturated carbocycles. The average molecular weight is 233 g/mol. The molecule has 4 heteroatoms. The third kappa shape index (κ3) is 3.06. The lowest BCUT2D eigenvalue weighted by atomic mass is 10.3. The summed E-state index contributed by atoms with van der Waals surface area (Å²) in [6.07, 6.45) is 2.55. The van der Waals surface area contributed by atoms with Gasteiger partial charge in [-0.05, 0) is 13.8 Å². The highest BCUT2D eigenvalue weighted by molar-refractivity contribution is 5.91. The number of carbonyl (C=O) groups excluding carboxylic acids is 1. The molecule has 1 aromatic heterocycles. The molecule has 0 radical (unpaired) electrons. The fraction of sp³-hybridized carbons (Fsp3) is 0.385. The first-order valence-corrected chi connectivity index (χ1v) is 5.53. The number of amides is 1. The van der Waals surface area contributed by atoms with Crippen LogP contribution < -0.4 is 5.32 Å². The number of hydrogen-bond donors (Lipinski definition) is 1. The Morgan fingerprint density at radius 3 is 2.76 bits per heavy atom. The van der Waals surface area contributed by atoms with Crippen molar-refractivity contribution in [2.75, 3.05) is 0 Å². The van der Waals surface area contributed by atoms with Crippen LogP contribution in [0.1, 0.15) is 24.1 Å². The molecule has 0 atom stereocenters. The van der Waals surface area contributed by atoms with Crippen molar-refractivity contribution in [1.82, 2.24) is 14.9 Å². The molecule has 1 amide bonds. The number of hydrogen-bond acceptors (Lipinski definition) is 2. The Hall–Kier alpha value is -1.84. The molecule has 0 unspecified atom stereocenters. The van der Waals surface area contributed by atoms with E-state index in [1.807, 2.05) is 24.6 Å². The van der Waals surface area contributed by atoms with Gasteiger partial charge in [0.05, 0.1) is 17.9 Å². The number of carbonyl (C=O) groups is 1. The number of rotatable bonds is 5. The van der Waals surface area contributed by atoms with E-state index in [0.29, 0.717) is 12.1 Å². The summed E-state index contributed by atoms with van der Waals surface area (Å²) >= 11 is 0. The SMILES string of the molecule is C=CCc1nc(C)c(CNC(=O)C(=C)C)n1C. The molecule has 1 heterocycles. The Morgan fingerprint density at radius 1 is 1.59 bits per heavy atom. The van der Waals surface area contributed by atoms with E-state index in [9.17, 15) is 4.79 Å². The van der Waals surface area contributed by atoms with Gasteiger partial charge in [0.2, 0.25) is 5.91 Å². The van der Waals surface area contributed by atoms with E-state index in [1.165, 1.54) is 0 Å². The van der Waals surface area contributed by atoms with Crippen LogP contribution in [0.25, 0.3) is 0 Å². The highest BCUT2D eigenvalue weighted by atomic mass is 16.1. The molecular formula is C13H19N3O. The van der Waals surface area contributed by atoms with Crippen LogP contribution in [0.15, 0.2) is 24.8 Å². The van der Waals surface area contributed by atoms with Gasteiger partial charge in [0.15, 0.2) is 0 Å². The van der Waals surface area contributed by atoms with E-state index < -0.39 is 0 Å². The normalized spacial score (nSPS) is 10.1. The number of allylic oxidation sites excluding steroid dienone is 1. The molecule has 0 spiro atoms. The summed E-state index contributed by atoms with van der Waals surface area (Å²) in [5.74, 6) is 0.827. The van der Waals surface area contributed by atoms with Crippen molar-refractivity contribution in [1.29, 1.82) is 0 Å². The molecule has 0 aliphatic rings. The van der Waals surface area contributed by atoms with Gasteiger partial charge in [-0.2, -0.15) is 0 Å². The van der Waals surface area contributed by atoms with Gasteiger partial charge in [0.1, 0.15) is 5.82 Å². The van der Waals surface area contributed by atoms with Crippen LogP contribution in [-0.4, -0.2) is 15.5 Å². The van der Waals surface area contributed by atoms with E-state index in [1.54, 1.807) is 6.92 Å². The topological polar surface area (TPSA) is 46.9 Å². The predicted molar refractivity (Wildman–Crippen MR) is 68.5 cm³/mol. The Bertz CT molecular complexity index is 457. The van der Waals surface area contributed by atoms with Gasteiger partial charge in [-0.25, -0.2) is 4.98 Å². The maximum Gasteiger partial charge on any atom is 0.246 e. The van der Waals surface area contributed by atoms with Crippen LogP contribution in [0.5, 0.6) is 0 Å². The number of nitrogens with zero attached hydrogens (tertiary/aromatic N) is 2. The van der Waals surface area contributed by atoms with Crippen LogP contribution in [0.2, 0.25) is 0 Å². The number of imidazole rings is 1. The quantitative estimate of drug-likeness (QED) is 0.621. The molecule has 0 bridgehead atoms. The van der Waals surface area contributed by atoms with E-state index in [-0.39, 0.29) is 5.91 Å². The smallest absolute Gasteiger partial charge is 0.246 e. The van der Waals surface area contributed by atoms with E-state index in [4.69, 9.17) is 0 Å². The molecule has 0 fully saturated rings. The standard InChI is InChI=1S/C13H19N3O/c1-6-7-12-15-10(4)11(16(12)5)8-14-13(17)9(2)3/h6H,1-2,7-8H2,3-5H3,(H,14,17). The highest BCUT2D eigenvalue weighted by Crippen LogP contribution is 2.10.